The maximum atomic E-state index is 6.28. The quantitative estimate of drug-likeness (QED) is 0.655. The third-order valence-electron chi connectivity index (χ3n) is 2.57. The molecule has 1 aromatic rings. The lowest BCUT2D eigenvalue weighted by molar-refractivity contribution is 0.462. The number of hydrogen-bond acceptors (Lipinski definition) is 1. The Bertz CT molecular complexity index is 314. The monoisotopic (exact) mass is 306 g/mol. The summed E-state index contributed by atoms with van der Waals surface area (Å²) < 4.78 is 6.83. The summed E-state index contributed by atoms with van der Waals surface area (Å²) in [5.41, 5.74) is 0. The fraction of sp³-hybridized carbons (Fsp3) is 0.571. The highest BCUT2D eigenvalue weighted by atomic mass is 35.5. The van der Waals surface area contributed by atoms with Crippen LogP contribution in [-0.4, -0.2) is 14.5 Å². The summed E-state index contributed by atoms with van der Waals surface area (Å²) in [5.74, 6) is 1.02. The molecule has 0 fully saturated rings. The highest BCUT2D eigenvalue weighted by molar-refractivity contribution is 6.59. The largest absolute Gasteiger partial charge is 0.642 e. The molecule has 4 heteroatoms. The van der Waals surface area contributed by atoms with E-state index in [2.05, 4.69) is 53.7 Å². The van der Waals surface area contributed by atoms with Crippen molar-refractivity contribution in [3.8, 4) is 5.75 Å². The highest BCUT2D eigenvalue weighted by Gasteiger charge is 2.47. The standard InChI is InChI=1S/C6H6O.2C4H9.Al.2ClH/c7-6-4-2-1-3-5-6;2*1-4(2)3;;;/h1-5,7H;2*1-3H3;;2*1H/q;;;+1;;/p-1. The number of benzene rings is 1. The first-order valence-electron chi connectivity index (χ1n) is 5.93. The lowest BCUT2D eigenvalue weighted by atomic mass is 10.2. The van der Waals surface area contributed by atoms with Gasteiger partial charge in [-0.2, -0.15) is 0 Å². The molecular weight excluding hydrogens is 282 g/mol. The van der Waals surface area contributed by atoms with Crippen LogP contribution in [0.4, 0.5) is 0 Å². The fourth-order valence-electron chi connectivity index (χ4n) is 2.29. The zero-order valence-electron chi connectivity index (χ0n) is 12.2. The Kier molecular flexibility index (Phi) is 8.70. The van der Waals surface area contributed by atoms with Crippen LogP contribution in [0.2, 0.25) is 8.55 Å². The number of hydrogen-bond donors (Lipinski definition) is 0. The van der Waals surface area contributed by atoms with Crippen molar-refractivity contribution >= 4 is 39.3 Å². The molecule has 104 valence electrons. The van der Waals surface area contributed by atoms with E-state index in [-0.39, 0.29) is 33.4 Å². The second-order valence-electron chi connectivity index (χ2n) is 6.54. The summed E-state index contributed by atoms with van der Waals surface area (Å²) >= 11 is -1.34. The normalized spacial score (nSPS) is 11.0. The molecule has 0 radical (unpaired) electrons. The molecule has 0 saturated heterocycles. The Morgan fingerprint density at radius 1 is 0.778 bits per heavy atom. The van der Waals surface area contributed by atoms with E-state index in [1.54, 1.807) is 0 Å². The third kappa shape index (κ3) is 6.34. The predicted molar refractivity (Wildman–Crippen MR) is 86.8 cm³/mol. The smallest absolute Gasteiger partial charge is 0.558 e. The van der Waals surface area contributed by atoms with E-state index in [4.69, 9.17) is 3.79 Å². The van der Waals surface area contributed by atoms with Gasteiger partial charge in [0.25, 0.3) is 0 Å². The summed E-state index contributed by atoms with van der Waals surface area (Å²) in [6, 6.07) is 10.2. The molecule has 0 aliphatic heterocycles. The van der Waals surface area contributed by atoms with E-state index in [9.17, 15) is 0 Å². The Hall–Kier alpha value is 0.132. The first-order chi connectivity index (χ1) is 7.21. The van der Waals surface area contributed by atoms with Crippen LogP contribution < -0.4 is 3.79 Å². The molecule has 0 heterocycles. The molecule has 0 unspecified atom stereocenters. The van der Waals surface area contributed by atoms with Crippen LogP contribution in [0.15, 0.2) is 30.3 Å². The van der Waals surface area contributed by atoms with Gasteiger partial charge in [0, 0.05) is 0 Å². The van der Waals surface area contributed by atoms with Gasteiger partial charge >= 0.3 is 14.5 Å². The Morgan fingerprint density at radius 3 is 1.50 bits per heavy atom. The SMILES string of the molecule is C[C](C)(C)[Al]([O]c1ccccc1)[C](C)(C)C.Cl.Cl. The van der Waals surface area contributed by atoms with E-state index in [1.807, 2.05) is 18.2 Å². The molecule has 0 saturated carbocycles. The van der Waals surface area contributed by atoms with Crippen molar-refractivity contribution < 1.29 is 3.79 Å². The third-order valence-corrected chi connectivity index (χ3v) is 6.22. The molecule has 1 nitrogen and oxygen atoms in total. The topological polar surface area (TPSA) is 9.23 Å². The number of rotatable bonds is 2. The van der Waals surface area contributed by atoms with Gasteiger partial charge in [0.1, 0.15) is 0 Å². The number of para-hydroxylation sites is 1. The molecular formula is C14H25AlCl2O. The summed E-state index contributed by atoms with van der Waals surface area (Å²) in [6.07, 6.45) is 0. The first kappa shape index (κ1) is 20.5. The van der Waals surface area contributed by atoms with Gasteiger partial charge in [0.2, 0.25) is 0 Å². The van der Waals surface area contributed by atoms with Crippen molar-refractivity contribution in [2.75, 3.05) is 0 Å². The zero-order chi connectivity index (χ0) is 12.4. The maximum Gasteiger partial charge on any atom is 0.558 e. The maximum absolute atomic E-state index is 6.28. The number of halogens is 2. The molecule has 0 amide bonds. The van der Waals surface area contributed by atoms with Crippen molar-refractivity contribution in [3.63, 3.8) is 0 Å². The van der Waals surface area contributed by atoms with Crippen molar-refractivity contribution in [1.29, 1.82) is 0 Å². The molecule has 0 atom stereocenters. The van der Waals surface area contributed by atoms with Crippen molar-refractivity contribution in [2.45, 2.75) is 50.1 Å². The van der Waals surface area contributed by atoms with Crippen LogP contribution in [0.25, 0.3) is 0 Å². The fourth-order valence-corrected chi connectivity index (χ4v) is 6.02. The molecule has 0 aromatic heterocycles. The van der Waals surface area contributed by atoms with E-state index >= 15 is 0 Å². The van der Waals surface area contributed by atoms with E-state index in [1.165, 1.54) is 0 Å². The van der Waals surface area contributed by atoms with Crippen LogP contribution in [0, 0.1) is 0 Å². The second-order valence-corrected chi connectivity index (χ2v) is 11.0. The van der Waals surface area contributed by atoms with E-state index in [0.717, 1.165) is 5.75 Å². The second kappa shape index (κ2) is 7.66. The minimum atomic E-state index is -1.34. The summed E-state index contributed by atoms with van der Waals surface area (Å²) in [6.45, 7) is 13.7. The average Bonchev–Trinajstić information content (AvgIpc) is 2.12. The van der Waals surface area contributed by atoms with Gasteiger partial charge in [-0.3, -0.25) is 0 Å². The molecule has 1 rings (SSSR count). The van der Waals surface area contributed by atoms with Gasteiger partial charge in [0.15, 0.2) is 0 Å². The van der Waals surface area contributed by atoms with Crippen molar-refractivity contribution in [2.24, 2.45) is 0 Å². The summed E-state index contributed by atoms with van der Waals surface area (Å²) in [5, 5.41) is 0. The lowest BCUT2D eigenvalue weighted by Crippen LogP contribution is -2.40. The minimum Gasteiger partial charge on any atom is -0.642 e. The molecule has 0 aliphatic rings. The predicted octanol–water partition coefficient (Wildman–Crippen LogP) is 5.50. The Balaban J connectivity index is 0. The highest BCUT2D eigenvalue weighted by Crippen LogP contribution is 2.42. The van der Waals surface area contributed by atoms with Crippen molar-refractivity contribution in [1.82, 2.24) is 0 Å². The van der Waals surface area contributed by atoms with Gasteiger partial charge < -0.3 is 3.79 Å². The van der Waals surface area contributed by atoms with E-state index in [0.29, 0.717) is 0 Å². The van der Waals surface area contributed by atoms with Gasteiger partial charge in [-0.1, -0.05) is 59.7 Å². The molecule has 1 aromatic carbocycles. The molecule has 0 N–H and O–H groups in total. The molecule has 0 bridgehead atoms. The summed E-state index contributed by atoms with van der Waals surface area (Å²) in [7, 11) is 0. The van der Waals surface area contributed by atoms with Crippen LogP contribution in [0.3, 0.4) is 0 Å². The van der Waals surface area contributed by atoms with Gasteiger partial charge in [-0.25, -0.2) is 0 Å². The molecule has 0 aliphatic carbocycles. The molecule has 0 spiro atoms. The van der Waals surface area contributed by atoms with E-state index < -0.39 is 14.5 Å². The summed E-state index contributed by atoms with van der Waals surface area (Å²) in [4.78, 5) is 0. The minimum absolute atomic E-state index is 0. The van der Waals surface area contributed by atoms with Crippen LogP contribution in [-0.2, 0) is 0 Å². The van der Waals surface area contributed by atoms with Crippen LogP contribution >= 0.6 is 24.8 Å². The van der Waals surface area contributed by atoms with Crippen LogP contribution in [0.5, 0.6) is 5.75 Å². The average molecular weight is 307 g/mol. The van der Waals surface area contributed by atoms with Crippen molar-refractivity contribution in [3.05, 3.63) is 30.3 Å². The zero-order valence-corrected chi connectivity index (χ0v) is 15.0. The molecule has 18 heavy (non-hydrogen) atoms. The first-order valence-corrected chi connectivity index (χ1v) is 7.55. The van der Waals surface area contributed by atoms with Gasteiger partial charge in [0.05, 0.1) is 5.75 Å². The lowest BCUT2D eigenvalue weighted by Gasteiger charge is -2.35. The Morgan fingerprint density at radius 2 is 1.17 bits per heavy atom. The van der Waals surface area contributed by atoms with Crippen LogP contribution in [0.1, 0.15) is 41.5 Å². The Labute approximate surface area is 129 Å². The van der Waals surface area contributed by atoms with Gasteiger partial charge in [-0.05, 0) is 20.7 Å². The van der Waals surface area contributed by atoms with Gasteiger partial charge in [-0.15, -0.1) is 24.8 Å².